The molecule has 0 atom stereocenters. The van der Waals surface area contributed by atoms with Crippen LogP contribution in [-0.4, -0.2) is 59.7 Å². The van der Waals surface area contributed by atoms with E-state index in [4.69, 9.17) is 32.7 Å². The Hall–Kier alpha value is -2.04. The molecule has 3 amide bonds. The van der Waals surface area contributed by atoms with Crippen LogP contribution >= 0.6 is 50.9 Å². The molecule has 0 aromatic heterocycles. The second-order valence-electron chi connectivity index (χ2n) is 7.48. The number of carbonyl (C=O) groups excluding carboxylic acids is 3. The summed E-state index contributed by atoms with van der Waals surface area (Å²) in [5.41, 5.74) is 1.43. The fourth-order valence-electron chi connectivity index (χ4n) is 3.38. The van der Waals surface area contributed by atoms with Crippen molar-refractivity contribution in [3.8, 4) is 5.75 Å². The number of rotatable bonds is 6. The Kier molecular flexibility index (Phi) is 8.21. The molecule has 11 heteroatoms. The van der Waals surface area contributed by atoms with E-state index in [1.165, 1.54) is 0 Å². The highest BCUT2D eigenvalue weighted by Crippen LogP contribution is 2.35. The molecule has 0 unspecified atom stereocenters. The van der Waals surface area contributed by atoms with Gasteiger partial charge < -0.3 is 14.4 Å². The lowest BCUT2D eigenvalue weighted by Gasteiger charge is -2.28. The molecule has 0 saturated carbocycles. The number of thioether (sulfide) groups is 1. The van der Waals surface area contributed by atoms with E-state index < -0.39 is 11.1 Å². The zero-order valence-electron chi connectivity index (χ0n) is 17.8. The molecule has 0 N–H and O–H groups in total. The maximum Gasteiger partial charge on any atom is 0.294 e. The van der Waals surface area contributed by atoms with Crippen LogP contribution in [-0.2, 0) is 20.9 Å². The molecular formula is C23H19BrCl2N2O5S. The standard InChI is InChI=1S/C23H19BrCl2N2O5S/c24-16-2-4-19(33-13-14-1-3-17(25)18(26)9-14)15(10-16)11-20-22(30)28(23(31)34-20)12-21(29)27-5-7-32-8-6-27/h1-4,9-11H,5-8,12-13H2/b20-11+. The van der Waals surface area contributed by atoms with E-state index in [0.717, 1.165) is 26.7 Å². The van der Waals surface area contributed by atoms with Gasteiger partial charge in [-0.15, -0.1) is 0 Å². The average molecular weight is 586 g/mol. The fraction of sp³-hybridized carbons (Fsp3) is 0.261. The Bertz CT molecular complexity index is 1170. The molecule has 0 aliphatic carbocycles. The summed E-state index contributed by atoms with van der Waals surface area (Å²) in [6.45, 7) is 1.73. The molecule has 0 spiro atoms. The van der Waals surface area contributed by atoms with Gasteiger partial charge in [0.05, 0.1) is 28.2 Å². The number of imide groups is 1. The van der Waals surface area contributed by atoms with Crippen LogP contribution in [0.3, 0.4) is 0 Å². The molecule has 2 heterocycles. The predicted molar refractivity (Wildman–Crippen MR) is 135 cm³/mol. The van der Waals surface area contributed by atoms with Crippen LogP contribution in [0.2, 0.25) is 10.0 Å². The van der Waals surface area contributed by atoms with Crippen molar-refractivity contribution in [3.05, 3.63) is 66.9 Å². The number of nitrogens with zero attached hydrogens (tertiary/aromatic N) is 2. The molecule has 0 radical (unpaired) electrons. The van der Waals surface area contributed by atoms with Crippen molar-refractivity contribution in [2.45, 2.75) is 6.61 Å². The molecule has 2 saturated heterocycles. The van der Waals surface area contributed by atoms with Gasteiger partial charge in [-0.2, -0.15) is 0 Å². The molecule has 4 rings (SSSR count). The summed E-state index contributed by atoms with van der Waals surface area (Å²) < 4.78 is 12.0. The van der Waals surface area contributed by atoms with Gasteiger partial charge in [0.15, 0.2) is 0 Å². The quantitative estimate of drug-likeness (QED) is 0.432. The molecular weight excluding hydrogens is 567 g/mol. The molecule has 0 bridgehead atoms. The highest BCUT2D eigenvalue weighted by Gasteiger charge is 2.37. The van der Waals surface area contributed by atoms with E-state index >= 15 is 0 Å². The van der Waals surface area contributed by atoms with Gasteiger partial charge >= 0.3 is 0 Å². The van der Waals surface area contributed by atoms with Crippen LogP contribution in [0.1, 0.15) is 11.1 Å². The van der Waals surface area contributed by atoms with Crippen LogP contribution in [0.5, 0.6) is 5.75 Å². The Morgan fingerprint density at radius 1 is 1.12 bits per heavy atom. The summed E-state index contributed by atoms with van der Waals surface area (Å²) >= 11 is 16.3. The first kappa shape index (κ1) is 25.1. The smallest absolute Gasteiger partial charge is 0.294 e. The first-order valence-corrected chi connectivity index (χ1v) is 12.7. The zero-order valence-corrected chi connectivity index (χ0v) is 21.7. The van der Waals surface area contributed by atoms with E-state index in [0.29, 0.717) is 47.7 Å². The number of morpholine rings is 1. The van der Waals surface area contributed by atoms with Gasteiger partial charge in [0, 0.05) is 23.1 Å². The number of hydrogen-bond donors (Lipinski definition) is 0. The van der Waals surface area contributed by atoms with Crippen LogP contribution in [0.25, 0.3) is 6.08 Å². The van der Waals surface area contributed by atoms with E-state index in [-0.39, 0.29) is 24.0 Å². The second-order valence-corrected chi connectivity index (χ2v) is 10.2. The van der Waals surface area contributed by atoms with Crippen molar-refractivity contribution < 1.29 is 23.9 Å². The molecule has 2 aromatic carbocycles. The summed E-state index contributed by atoms with van der Waals surface area (Å²) in [6.07, 6.45) is 1.60. The van der Waals surface area contributed by atoms with E-state index in [2.05, 4.69) is 15.9 Å². The van der Waals surface area contributed by atoms with Crippen LogP contribution < -0.4 is 4.74 Å². The van der Waals surface area contributed by atoms with Crippen molar-refractivity contribution in [1.29, 1.82) is 0 Å². The largest absolute Gasteiger partial charge is 0.488 e. The number of halogens is 3. The van der Waals surface area contributed by atoms with Gasteiger partial charge in [0.25, 0.3) is 11.1 Å². The van der Waals surface area contributed by atoms with Gasteiger partial charge in [-0.25, -0.2) is 0 Å². The topological polar surface area (TPSA) is 76.2 Å². The Labute approximate surface area is 219 Å². The lowest BCUT2D eigenvalue weighted by atomic mass is 10.1. The van der Waals surface area contributed by atoms with Gasteiger partial charge in [-0.3, -0.25) is 19.3 Å². The number of ether oxygens (including phenoxy) is 2. The summed E-state index contributed by atoms with van der Waals surface area (Å²) in [6, 6.07) is 10.6. The van der Waals surface area contributed by atoms with E-state index in [1.807, 2.05) is 12.1 Å². The SMILES string of the molecule is O=C(CN1C(=O)S/C(=C/c2cc(Br)ccc2OCc2ccc(Cl)c(Cl)c2)C1=O)N1CCOCC1. The lowest BCUT2D eigenvalue weighted by Crippen LogP contribution is -2.46. The number of carbonyl (C=O) groups is 3. The minimum Gasteiger partial charge on any atom is -0.488 e. The number of benzene rings is 2. The lowest BCUT2D eigenvalue weighted by molar-refractivity contribution is -0.139. The Balaban J connectivity index is 1.49. The van der Waals surface area contributed by atoms with Gasteiger partial charge in [0.2, 0.25) is 5.91 Å². The fourth-order valence-corrected chi connectivity index (χ4v) is 4.91. The average Bonchev–Trinajstić information content (AvgIpc) is 3.08. The Morgan fingerprint density at radius 2 is 1.88 bits per heavy atom. The van der Waals surface area contributed by atoms with E-state index in [9.17, 15) is 14.4 Å². The number of hydrogen-bond acceptors (Lipinski definition) is 6. The summed E-state index contributed by atoms with van der Waals surface area (Å²) in [7, 11) is 0. The minimum atomic E-state index is -0.507. The van der Waals surface area contributed by atoms with Gasteiger partial charge in [0.1, 0.15) is 18.9 Å². The third kappa shape index (κ3) is 5.95. The van der Waals surface area contributed by atoms with Crippen molar-refractivity contribution in [1.82, 2.24) is 9.80 Å². The molecule has 2 fully saturated rings. The summed E-state index contributed by atoms with van der Waals surface area (Å²) in [5, 5.41) is 0.405. The van der Waals surface area contributed by atoms with Crippen molar-refractivity contribution in [2.24, 2.45) is 0 Å². The number of amides is 3. The molecule has 7 nitrogen and oxygen atoms in total. The van der Waals surface area contributed by atoms with Crippen molar-refractivity contribution >= 4 is 74.0 Å². The highest BCUT2D eigenvalue weighted by atomic mass is 79.9. The molecule has 34 heavy (non-hydrogen) atoms. The Morgan fingerprint density at radius 3 is 2.62 bits per heavy atom. The first-order chi connectivity index (χ1) is 16.3. The van der Waals surface area contributed by atoms with Crippen LogP contribution in [0.15, 0.2) is 45.8 Å². The molecule has 2 aromatic rings. The second kappa shape index (κ2) is 11.1. The molecule has 2 aliphatic rings. The third-order valence-corrected chi connectivity index (χ3v) is 7.31. The zero-order chi connectivity index (χ0) is 24.2. The highest BCUT2D eigenvalue weighted by molar-refractivity contribution is 9.10. The molecule has 2 aliphatic heterocycles. The van der Waals surface area contributed by atoms with Crippen LogP contribution in [0.4, 0.5) is 4.79 Å². The maximum absolute atomic E-state index is 12.9. The predicted octanol–water partition coefficient (Wildman–Crippen LogP) is 5.23. The van der Waals surface area contributed by atoms with Crippen molar-refractivity contribution in [2.75, 3.05) is 32.8 Å². The summed E-state index contributed by atoms with van der Waals surface area (Å²) in [4.78, 5) is 40.7. The van der Waals surface area contributed by atoms with Gasteiger partial charge in [-0.05, 0) is 53.7 Å². The molecule has 178 valence electrons. The van der Waals surface area contributed by atoms with Gasteiger partial charge in [-0.1, -0.05) is 45.2 Å². The monoisotopic (exact) mass is 584 g/mol. The van der Waals surface area contributed by atoms with Crippen LogP contribution in [0, 0.1) is 0 Å². The van der Waals surface area contributed by atoms with E-state index in [1.54, 1.807) is 35.2 Å². The minimum absolute atomic E-state index is 0.220. The third-order valence-electron chi connectivity index (χ3n) is 5.17. The summed E-state index contributed by atoms with van der Waals surface area (Å²) in [5.74, 6) is -0.266. The first-order valence-electron chi connectivity index (χ1n) is 10.3. The van der Waals surface area contributed by atoms with Crippen molar-refractivity contribution in [3.63, 3.8) is 0 Å². The maximum atomic E-state index is 12.9. The normalized spacial score (nSPS) is 17.6.